The van der Waals surface area contributed by atoms with E-state index in [9.17, 15) is 13.6 Å². The molecule has 8 heteroatoms. The zero-order valence-electron chi connectivity index (χ0n) is 17.6. The number of rotatable bonds is 14. The van der Waals surface area contributed by atoms with Crippen molar-refractivity contribution < 1.29 is 13.6 Å². The molecule has 0 bridgehead atoms. The van der Waals surface area contributed by atoms with Gasteiger partial charge in [-0.25, -0.2) is 8.78 Å². The zero-order chi connectivity index (χ0) is 21.1. The number of halogens is 3. The van der Waals surface area contributed by atoms with Gasteiger partial charge in [-0.15, -0.1) is 0 Å². The van der Waals surface area contributed by atoms with Gasteiger partial charge in [0.15, 0.2) is 0 Å². The normalized spacial score (nSPS) is 12.8. The Labute approximate surface area is 172 Å². The number of hydrogen-bond acceptors (Lipinski definition) is 3. The van der Waals surface area contributed by atoms with E-state index in [1.165, 1.54) is 30.4 Å². The van der Waals surface area contributed by atoms with E-state index >= 15 is 0 Å². The number of nitrogens with zero attached hydrogens (tertiary/aromatic N) is 3. The molecule has 28 heavy (non-hydrogen) atoms. The maximum Gasteiger partial charge on any atom is 0.283 e. The van der Waals surface area contributed by atoms with Gasteiger partial charge in [0.1, 0.15) is 12.2 Å². The summed E-state index contributed by atoms with van der Waals surface area (Å²) in [4.78, 5) is 14.8. The molecule has 0 radical (unpaired) electrons. The lowest BCUT2D eigenvalue weighted by Gasteiger charge is -2.26. The average molecular weight is 421 g/mol. The third kappa shape index (κ3) is 8.43. The largest absolute Gasteiger partial charge is 0.351 e. The standard InChI is InChI=1S/C20H35ClF2N4O/c1-5-7-9-11-26(12-10-8-6-2)13-15(3)24-17(28)14-27-16(4)18(21)19(25-27)20(22)23/h15,20H,5-14H2,1-4H3,(H,24,28). The maximum atomic E-state index is 12.9. The summed E-state index contributed by atoms with van der Waals surface area (Å²) in [5, 5.41) is 6.66. The summed E-state index contributed by atoms with van der Waals surface area (Å²) >= 11 is 5.89. The van der Waals surface area contributed by atoms with E-state index < -0.39 is 12.1 Å². The molecule has 0 aliphatic heterocycles. The van der Waals surface area contributed by atoms with Crippen LogP contribution in [0.4, 0.5) is 8.78 Å². The van der Waals surface area contributed by atoms with E-state index in [0.29, 0.717) is 5.69 Å². The number of aromatic nitrogens is 2. The fraction of sp³-hybridized carbons (Fsp3) is 0.800. The van der Waals surface area contributed by atoms with E-state index in [4.69, 9.17) is 11.6 Å². The Morgan fingerprint density at radius 3 is 2.21 bits per heavy atom. The second kappa shape index (κ2) is 13.1. The highest BCUT2D eigenvalue weighted by atomic mass is 35.5. The molecule has 0 fully saturated rings. The summed E-state index contributed by atoms with van der Waals surface area (Å²) < 4.78 is 27.0. The number of carbonyl (C=O) groups is 1. The van der Waals surface area contributed by atoms with Crippen LogP contribution in [0.1, 0.15) is 77.1 Å². The Morgan fingerprint density at radius 2 is 1.75 bits per heavy atom. The molecule has 5 nitrogen and oxygen atoms in total. The van der Waals surface area contributed by atoms with Gasteiger partial charge in [-0.2, -0.15) is 5.10 Å². The van der Waals surface area contributed by atoms with Gasteiger partial charge in [0.05, 0.1) is 10.7 Å². The predicted molar refractivity (Wildman–Crippen MR) is 110 cm³/mol. The third-order valence-electron chi connectivity index (χ3n) is 4.75. The molecule has 1 atom stereocenters. The van der Waals surface area contributed by atoms with Crippen LogP contribution in [-0.4, -0.2) is 46.3 Å². The van der Waals surface area contributed by atoms with Gasteiger partial charge in [0, 0.05) is 12.6 Å². The summed E-state index contributed by atoms with van der Waals surface area (Å²) in [7, 11) is 0. The molecule has 1 heterocycles. The fourth-order valence-electron chi connectivity index (χ4n) is 3.20. The average Bonchev–Trinajstić information content (AvgIpc) is 2.90. The van der Waals surface area contributed by atoms with Crippen molar-refractivity contribution >= 4 is 17.5 Å². The Kier molecular flexibility index (Phi) is 11.6. The lowest BCUT2D eigenvalue weighted by molar-refractivity contribution is -0.122. The molecule has 1 aromatic heterocycles. The van der Waals surface area contributed by atoms with Crippen LogP contribution in [-0.2, 0) is 11.3 Å². The number of amides is 1. The summed E-state index contributed by atoms with van der Waals surface area (Å²) in [6, 6.07) is -0.0309. The van der Waals surface area contributed by atoms with E-state index in [0.717, 1.165) is 32.5 Å². The predicted octanol–water partition coefficient (Wildman–Crippen LogP) is 4.97. The van der Waals surface area contributed by atoms with Crippen LogP contribution in [0, 0.1) is 6.92 Å². The van der Waals surface area contributed by atoms with Crippen LogP contribution in [0.25, 0.3) is 0 Å². The first-order valence-corrected chi connectivity index (χ1v) is 10.7. The molecule has 0 spiro atoms. The van der Waals surface area contributed by atoms with Crippen LogP contribution >= 0.6 is 11.6 Å². The van der Waals surface area contributed by atoms with Crippen molar-refractivity contribution in [3.05, 3.63) is 16.4 Å². The first-order valence-electron chi connectivity index (χ1n) is 10.3. The number of carbonyl (C=O) groups excluding carboxylic acids is 1. The first-order chi connectivity index (χ1) is 13.3. The van der Waals surface area contributed by atoms with Gasteiger partial charge >= 0.3 is 0 Å². The quantitative estimate of drug-likeness (QED) is 0.432. The maximum absolute atomic E-state index is 12.9. The molecule has 1 unspecified atom stereocenters. The molecule has 0 saturated heterocycles. The first kappa shape index (κ1) is 24.8. The molecule has 1 rings (SSSR count). The molecule has 0 aliphatic carbocycles. The van der Waals surface area contributed by atoms with E-state index in [1.807, 2.05) is 6.92 Å². The van der Waals surface area contributed by atoms with Gasteiger partial charge < -0.3 is 10.2 Å². The summed E-state index contributed by atoms with van der Waals surface area (Å²) in [6.07, 6.45) is 4.33. The molecule has 1 aromatic rings. The smallest absolute Gasteiger partial charge is 0.283 e. The molecule has 0 aromatic carbocycles. The van der Waals surface area contributed by atoms with Crippen molar-refractivity contribution in [1.82, 2.24) is 20.0 Å². The lowest BCUT2D eigenvalue weighted by Crippen LogP contribution is -2.43. The monoisotopic (exact) mass is 420 g/mol. The summed E-state index contributed by atoms with van der Waals surface area (Å²) in [6.45, 7) is 10.7. The van der Waals surface area contributed by atoms with E-state index in [2.05, 4.69) is 29.2 Å². The fourth-order valence-corrected chi connectivity index (χ4v) is 3.41. The Morgan fingerprint density at radius 1 is 1.18 bits per heavy atom. The van der Waals surface area contributed by atoms with Crippen LogP contribution in [0.2, 0.25) is 5.02 Å². The number of unbranched alkanes of at least 4 members (excludes halogenated alkanes) is 4. The number of nitrogens with one attached hydrogen (secondary N) is 1. The van der Waals surface area contributed by atoms with Gasteiger partial charge in [-0.1, -0.05) is 51.1 Å². The van der Waals surface area contributed by atoms with Gasteiger partial charge in [0.2, 0.25) is 5.91 Å². The third-order valence-corrected chi connectivity index (χ3v) is 5.22. The number of hydrogen-bond donors (Lipinski definition) is 1. The topological polar surface area (TPSA) is 50.2 Å². The highest BCUT2D eigenvalue weighted by molar-refractivity contribution is 6.31. The molecule has 1 N–H and O–H groups in total. The van der Waals surface area contributed by atoms with Crippen molar-refractivity contribution in [2.24, 2.45) is 0 Å². The molecule has 1 amide bonds. The minimum atomic E-state index is -2.76. The van der Waals surface area contributed by atoms with Crippen molar-refractivity contribution in [2.45, 2.75) is 85.2 Å². The Hall–Kier alpha value is -1.21. The van der Waals surface area contributed by atoms with Crippen molar-refractivity contribution in [2.75, 3.05) is 19.6 Å². The number of alkyl halides is 2. The summed E-state index contributed by atoms with van der Waals surface area (Å²) in [5.41, 5.74) is -0.0985. The van der Waals surface area contributed by atoms with Crippen LogP contribution in [0.5, 0.6) is 0 Å². The van der Waals surface area contributed by atoms with Crippen LogP contribution in [0.15, 0.2) is 0 Å². The highest BCUT2D eigenvalue weighted by Crippen LogP contribution is 2.28. The van der Waals surface area contributed by atoms with Crippen molar-refractivity contribution in [3.63, 3.8) is 0 Å². The molecule has 0 saturated carbocycles. The van der Waals surface area contributed by atoms with Gasteiger partial charge in [-0.05, 0) is 39.8 Å². The van der Waals surface area contributed by atoms with Crippen molar-refractivity contribution in [3.8, 4) is 0 Å². The van der Waals surface area contributed by atoms with Crippen LogP contribution < -0.4 is 5.32 Å². The second-order valence-electron chi connectivity index (χ2n) is 7.43. The van der Waals surface area contributed by atoms with E-state index in [-0.39, 0.29) is 23.5 Å². The molecular formula is C20H35ClF2N4O. The minimum Gasteiger partial charge on any atom is -0.351 e. The molecular weight excluding hydrogens is 386 g/mol. The highest BCUT2D eigenvalue weighted by Gasteiger charge is 2.22. The lowest BCUT2D eigenvalue weighted by atomic mass is 10.2. The second-order valence-corrected chi connectivity index (χ2v) is 7.80. The van der Waals surface area contributed by atoms with Gasteiger partial charge in [0.25, 0.3) is 6.43 Å². The molecule has 162 valence electrons. The van der Waals surface area contributed by atoms with Crippen molar-refractivity contribution in [1.29, 1.82) is 0 Å². The minimum absolute atomic E-state index is 0.0309. The van der Waals surface area contributed by atoms with E-state index in [1.54, 1.807) is 6.92 Å². The molecule has 0 aliphatic rings. The van der Waals surface area contributed by atoms with Gasteiger partial charge in [-0.3, -0.25) is 9.48 Å². The Bertz CT molecular complexity index is 585. The van der Waals surface area contributed by atoms with Crippen LogP contribution in [0.3, 0.4) is 0 Å². The summed E-state index contributed by atoms with van der Waals surface area (Å²) in [5.74, 6) is -0.252. The Balaban J connectivity index is 2.57. The SMILES string of the molecule is CCCCCN(CCCCC)CC(C)NC(=O)Cn1nc(C(F)F)c(Cl)c1C. The zero-order valence-corrected chi connectivity index (χ0v) is 18.4.